The summed E-state index contributed by atoms with van der Waals surface area (Å²) in [4.78, 5) is 39.8. The molecule has 1 saturated carbocycles. The molecule has 0 radical (unpaired) electrons. The highest BCUT2D eigenvalue weighted by molar-refractivity contribution is 5.87. The van der Waals surface area contributed by atoms with Crippen molar-refractivity contribution in [1.82, 2.24) is 10.6 Å². The quantitative estimate of drug-likeness (QED) is 0.293. The maximum Gasteiger partial charge on any atom is 0.306 e. The molecule has 0 saturated heterocycles. The number of aliphatic imine (C=N–C) groups is 1. The molecule has 0 aliphatic heterocycles. The van der Waals surface area contributed by atoms with Gasteiger partial charge in [-0.25, -0.2) is 4.99 Å². The first-order valence-corrected chi connectivity index (χ1v) is 8.58. The fraction of sp³-hybridized carbons (Fsp3) is 0.750. The van der Waals surface area contributed by atoms with E-state index in [4.69, 9.17) is 11.5 Å². The number of guanidine groups is 1. The van der Waals surface area contributed by atoms with Crippen LogP contribution in [0.1, 0.15) is 46.5 Å². The van der Waals surface area contributed by atoms with Gasteiger partial charge in [0, 0.05) is 18.9 Å². The zero-order valence-electron chi connectivity index (χ0n) is 15.0. The van der Waals surface area contributed by atoms with Gasteiger partial charge in [-0.15, -0.1) is 0 Å². The van der Waals surface area contributed by atoms with Crippen molar-refractivity contribution < 1.29 is 19.5 Å². The minimum Gasteiger partial charge on any atom is -0.481 e. The fourth-order valence-electron chi connectivity index (χ4n) is 3.32. The molecule has 3 unspecified atom stereocenters. The van der Waals surface area contributed by atoms with Crippen LogP contribution < -0.4 is 22.1 Å². The van der Waals surface area contributed by atoms with Crippen LogP contribution in [-0.4, -0.2) is 47.0 Å². The molecule has 1 fully saturated rings. The van der Waals surface area contributed by atoms with Crippen molar-refractivity contribution in [3.63, 3.8) is 0 Å². The molecule has 0 aromatic rings. The van der Waals surface area contributed by atoms with E-state index in [1.54, 1.807) is 0 Å². The first-order valence-electron chi connectivity index (χ1n) is 8.58. The van der Waals surface area contributed by atoms with Crippen LogP contribution in [0.25, 0.3) is 0 Å². The van der Waals surface area contributed by atoms with Crippen molar-refractivity contribution >= 4 is 23.7 Å². The van der Waals surface area contributed by atoms with Crippen molar-refractivity contribution in [2.24, 2.45) is 28.3 Å². The second-order valence-corrected chi connectivity index (χ2v) is 6.49. The Hall–Kier alpha value is -2.32. The van der Waals surface area contributed by atoms with Crippen LogP contribution in [0, 0.1) is 11.8 Å². The van der Waals surface area contributed by atoms with E-state index in [2.05, 4.69) is 15.6 Å². The maximum absolute atomic E-state index is 12.7. The maximum atomic E-state index is 12.7. The third-order valence-electron chi connectivity index (χ3n) is 4.64. The van der Waals surface area contributed by atoms with Gasteiger partial charge in [-0.05, 0) is 25.7 Å². The standard InChI is InChI=1S/C16H29N5O4/c1-4-10(5-2)20-14(23)13(19-8(3)22)11-6-9(15(24)25)7-12(11)21-16(17)18/h9-13H,4-7H2,1-3H3,(H,19,22)(H,20,23)(H,24,25)(H4,17,18,21)/t9?,11-,12?,13?/m1/s1. The molecule has 2 amide bonds. The van der Waals surface area contributed by atoms with E-state index in [-0.39, 0.29) is 36.7 Å². The lowest BCUT2D eigenvalue weighted by molar-refractivity contribution is -0.141. The molecule has 1 rings (SSSR count). The van der Waals surface area contributed by atoms with Crippen molar-refractivity contribution in [2.45, 2.75) is 64.6 Å². The number of aliphatic carboxylic acids is 1. The lowest BCUT2D eigenvalue weighted by Gasteiger charge is -2.28. The molecule has 0 bridgehead atoms. The highest BCUT2D eigenvalue weighted by Crippen LogP contribution is 2.36. The summed E-state index contributed by atoms with van der Waals surface area (Å²) in [5.41, 5.74) is 10.9. The number of nitrogens with one attached hydrogen (secondary N) is 2. The molecule has 9 heteroatoms. The summed E-state index contributed by atoms with van der Waals surface area (Å²) in [5.74, 6) is -2.97. The molecule has 0 spiro atoms. The predicted octanol–water partition coefficient (Wildman–Crippen LogP) is -0.451. The monoisotopic (exact) mass is 355 g/mol. The molecule has 4 atom stereocenters. The number of nitrogens with two attached hydrogens (primary N) is 2. The van der Waals surface area contributed by atoms with Gasteiger partial charge in [0.05, 0.1) is 12.0 Å². The molecular formula is C16H29N5O4. The number of amides is 2. The Kier molecular flexibility index (Phi) is 7.66. The average Bonchev–Trinajstić information content (AvgIpc) is 2.92. The van der Waals surface area contributed by atoms with E-state index in [1.165, 1.54) is 6.92 Å². The smallest absolute Gasteiger partial charge is 0.306 e. The Bertz CT molecular complexity index is 529. The van der Waals surface area contributed by atoms with E-state index in [9.17, 15) is 19.5 Å². The predicted molar refractivity (Wildman–Crippen MR) is 93.6 cm³/mol. The van der Waals surface area contributed by atoms with E-state index in [1.807, 2.05) is 13.8 Å². The van der Waals surface area contributed by atoms with Gasteiger partial charge >= 0.3 is 5.97 Å². The van der Waals surface area contributed by atoms with Gasteiger partial charge in [0.1, 0.15) is 6.04 Å². The van der Waals surface area contributed by atoms with Gasteiger partial charge in [0.2, 0.25) is 11.8 Å². The molecular weight excluding hydrogens is 326 g/mol. The zero-order chi connectivity index (χ0) is 19.1. The SMILES string of the molecule is CCC(CC)NC(=O)C(NC(C)=O)[C@@H]1CC(C(=O)O)CC1N=C(N)N. The molecule has 7 N–H and O–H groups in total. The van der Waals surface area contributed by atoms with Crippen LogP contribution in [0.4, 0.5) is 0 Å². The first-order chi connectivity index (χ1) is 11.7. The highest BCUT2D eigenvalue weighted by Gasteiger charge is 2.45. The largest absolute Gasteiger partial charge is 0.481 e. The van der Waals surface area contributed by atoms with Gasteiger partial charge in [-0.1, -0.05) is 13.8 Å². The second kappa shape index (κ2) is 9.24. The summed E-state index contributed by atoms with van der Waals surface area (Å²) in [6.07, 6.45) is 1.97. The molecule has 142 valence electrons. The Balaban J connectivity index is 3.08. The molecule has 9 nitrogen and oxygen atoms in total. The van der Waals surface area contributed by atoms with Gasteiger partial charge in [0.25, 0.3) is 0 Å². The number of hydrogen-bond donors (Lipinski definition) is 5. The van der Waals surface area contributed by atoms with Gasteiger partial charge in [-0.2, -0.15) is 0 Å². The molecule has 0 aromatic carbocycles. The Morgan fingerprint density at radius 2 is 1.76 bits per heavy atom. The number of nitrogens with zero attached hydrogens (tertiary/aromatic N) is 1. The normalized spacial score (nSPS) is 23.8. The second-order valence-electron chi connectivity index (χ2n) is 6.49. The summed E-state index contributed by atoms with van der Waals surface area (Å²) in [7, 11) is 0. The van der Waals surface area contributed by atoms with Crippen LogP contribution in [-0.2, 0) is 14.4 Å². The lowest BCUT2D eigenvalue weighted by Crippen LogP contribution is -2.54. The summed E-state index contributed by atoms with van der Waals surface area (Å²) in [5, 5.41) is 14.9. The van der Waals surface area contributed by atoms with E-state index in [0.29, 0.717) is 0 Å². The number of rotatable bonds is 8. The number of carboxylic acid groups (broad SMARTS) is 1. The Morgan fingerprint density at radius 1 is 1.16 bits per heavy atom. The van der Waals surface area contributed by atoms with Crippen LogP contribution >= 0.6 is 0 Å². The van der Waals surface area contributed by atoms with Crippen LogP contribution in [0.3, 0.4) is 0 Å². The molecule has 1 aliphatic rings. The molecule has 1 aliphatic carbocycles. The number of carbonyl (C=O) groups excluding carboxylic acids is 2. The molecule has 0 heterocycles. The first kappa shape index (κ1) is 20.7. The third kappa shape index (κ3) is 5.91. The lowest BCUT2D eigenvalue weighted by atomic mass is 9.92. The number of hydrogen-bond acceptors (Lipinski definition) is 4. The summed E-state index contributed by atoms with van der Waals surface area (Å²) < 4.78 is 0. The van der Waals surface area contributed by atoms with E-state index < -0.39 is 29.9 Å². The third-order valence-corrected chi connectivity index (χ3v) is 4.64. The summed E-state index contributed by atoms with van der Waals surface area (Å²) in [6.45, 7) is 5.23. The number of carbonyl (C=O) groups is 3. The van der Waals surface area contributed by atoms with E-state index in [0.717, 1.165) is 12.8 Å². The van der Waals surface area contributed by atoms with Crippen molar-refractivity contribution in [3.8, 4) is 0 Å². The van der Waals surface area contributed by atoms with Crippen LogP contribution in [0.2, 0.25) is 0 Å². The van der Waals surface area contributed by atoms with Gasteiger partial charge in [-0.3, -0.25) is 14.4 Å². The minimum absolute atomic E-state index is 0.0121. The highest BCUT2D eigenvalue weighted by atomic mass is 16.4. The molecule has 0 aromatic heterocycles. The average molecular weight is 355 g/mol. The van der Waals surface area contributed by atoms with Gasteiger partial charge < -0.3 is 27.2 Å². The zero-order valence-corrected chi connectivity index (χ0v) is 15.0. The van der Waals surface area contributed by atoms with Gasteiger partial charge in [0.15, 0.2) is 5.96 Å². The Labute approximate surface area is 147 Å². The summed E-state index contributed by atoms with van der Waals surface area (Å²) >= 11 is 0. The fourth-order valence-corrected chi connectivity index (χ4v) is 3.32. The van der Waals surface area contributed by atoms with Crippen LogP contribution in [0.15, 0.2) is 4.99 Å². The number of carboxylic acids is 1. The minimum atomic E-state index is -0.958. The molecule has 25 heavy (non-hydrogen) atoms. The van der Waals surface area contributed by atoms with Crippen molar-refractivity contribution in [1.29, 1.82) is 0 Å². The van der Waals surface area contributed by atoms with Crippen molar-refractivity contribution in [2.75, 3.05) is 0 Å². The van der Waals surface area contributed by atoms with Crippen molar-refractivity contribution in [3.05, 3.63) is 0 Å². The topological polar surface area (TPSA) is 160 Å². The van der Waals surface area contributed by atoms with E-state index >= 15 is 0 Å². The Morgan fingerprint density at radius 3 is 2.20 bits per heavy atom. The summed E-state index contributed by atoms with van der Waals surface area (Å²) in [6, 6.07) is -1.42. The van der Waals surface area contributed by atoms with Crippen LogP contribution in [0.5, 0.6) is 0 Å².